The van der Waals surface area contributed by atoms with E-state index in [4.69, 9.17) is 5.73 Å². The van der Waals surface area contributed by atoms with Crippen LogP contribution in [0, 0.1) is 0 Å². The quantitative estimate of drug-likeness (QED) is 0.241. The predicted molar refractivity (Wildman–Crippen MR) is 124 cm³/mol. The van der Waals surface area contributed by atoms with Crippen LogP contribution in [-0.2, 0) is 9.59 Å². The molecule has 29 heavy (non-hydrogen) atoms. The number of thioether (sulfide) groups is 1. The molecule has 1 aliphatic heterocycles. The molecule has 0 fully saturated rings. The molecule has 0 aliphatic carbocycles. The fraction of sp³-hybridized carbons (Fsp3) is 0.833. The van der Waals surface area contributed by atoms with Crippen molar-refractivity contribution in [3.05, 3.63) is 11.0 Å². The van der Waals surface area contributed by atoms with Crippen molar-refractivity contribution >= 4 is 23.5 Å². The highest BCUT2D eigenvalue weighted by molar-refractivity contribution is 8.04. The van der Waals surface area contributed by atoms with Crippen LogP contribution in [0.5, 0.6) is 0 Å². The molecule has 0 amide bonds. The van der Waals surface area contributed by atoms with Gasteiger partial charge in [-0.2, -0.15) is 0 Å². The minimum atomic E-state index is -1.54. The second-order valence-electron chi connectivity index (χ2n) is 8.56. The van der Waals surface area contributed by atoms with Crippen molar-refractivity contribution < 1.29 is 14.7 Å². The second kappa shape index (κ2) is 15.1. The summed E-state index contributed by atoms with van der Waals surface area (Å²) in [6, 6.07) is 0. The molecular weight excluding hydrogens is 382 g/mol. The van der Waals surface area contributed by atoms with Gasteiger partial charge in [0, 0.05) is 6.42 Å². The largest absolute Gasteiger partial charge is 0.480 e. The van der Waals surface area contributed by atoms with E-state index in [9.17, 15) is 14.7 Å². The molecule has 2 atom stereocenters. The van der Waals surface area contributed by atoms with Gasteiger partial charge in [0.25, 0.3) is 0 Å². The molecule has 168 valence electrons. The average molecular weight is 426 g/mol. The molecule has 0 aromatic rings. The lowest BCUT2D eigenvalue weighted by Crippen LogP contribution is -2.55. The molecule has 0 bridgehead atoms. The van der Waals surface area contributed by atoms with Crippen molar-refractivity contribution in [2.75, 3.05) is 0 Å². The Morgan fingerprint density at radius 2 is 1.38 bits per heavy atom. The summed E-state index contributed by atoms with van der Waals surface area (Å²) in [6.07, 6.45) is 19.6. The summed E-state index contributed by atoms with van der Waals surface area (Å²) < 4.78 is 0. The number of unbranched alkanes of at least 4 members (excludes halogenated alkanes) is 12. The molecule has 0 saturated carbocycles. The van der Waals surface area contributed by atoms with Crippen LogP contribution < -0.4 is 5.73 Å². The lowest BCUT2D eigenvalue weighted by Gasteiger charge is -2.24. The summed E-state index contributed by atoms with van der Waals surface area (Å²) in [7, 11) is 0. The van der Waals surface area contributed by atoms with Gasteiger partial charge < -0.3 is 10.8 Å². The highest BCUT2D eigenvalue weighted by Crippen LogP contribution is 2.42. The number of carbonyl (C=O) groups excluding carboxylic acids is 1. The predicted octanol–water partition coefficient (Wildman–Crippen LogP) is 6.62. The maximum absolute atomic E-state index is 12.7. The number of aliphatic carboxylic acids is 1. The van der Waals surface area contributed by atoms with E-state index in [0.29, 0.717) is 6.42 Å². The zero-order valence-corrected chi connectivity index (χ0v) is 19.5. The van der Waals surface area contributed by atoms with Gasteiger partial charge in [-0.05, 0) is 30.2 Å². The van der Waals surface area contributed by atoms with Gasteiger partial charge in [0.05, 0.1) is 0 Å². The zero-order valence-electron chi connectivity index (χ0n) is 18.7. The average Bonchev–Trinajstić information content (AvgIpc) is 3.04. The Balaban J connectivity index is 2.34. The van der Waals surface area contributed by atoms with Gasteiger partial charge in [-0.25, -0.2) is 4.79 Å². The third-order valence-electron chi connectivity index (χ3n) is 5.82. The van der Waals surface area contributed by atoms with Crippen molar-refractivity contribution in [3.8, 4) is 0 Å². The number of nitrogens with two attached hydrogens (primary N) is 1. The maximum Gasteiger partial charge on any atom is 0.329 e. The topological polar surface area (TPSA) is 80.4 Å². The fourth-order valence-electron chi connectivity index (χ4n) is 3.91. The Morgan fingerprint density at radius 3 is 1.90 bits per heavy atom. The Hall–Kier alpha value is -0.810. The Kier molecular flexibility index (Phi) is 13.6. The minimum absolute atomic E-state index is 0.0000729. The van der Waals surface area contributed by atoms with Crippen LogP contribution in [0.15, 0.2) is 11.0 Å². The van der Waals surface area contributed by atoms with Crippen LogP contribution in [0.25, 0.3) is 0 Å². The second-order valence-corrected chi connectivity index (χ2v) is 9.79. The van der Waals surface area contributed by atoms with E-state index in [1.54, 1.807) is 6.08 Å². The molecule has 1 heterocycles. The maximum atomic E-state index is 12.7. The molecule has 0 spiro atoms. The molecular formula is C24H43NO3S. The lowest BCUT2D eigenvalue weighted by molar-refractivity contribution is -0.142. The first-order valence-corrected chi connectivity index (χ1v) is 12.8. The minimum Gasteiger partial charge on any atom is -0.480 e. The summed E-state index contributed by atoms with van der Waals surface area (Å²) in [4.78, 5) is 25.5. The van der Waals surface area contributed by atoms with Gasteiger partial charge in [0.2, 0.25) is 0 Å². The molecule has 3 N–H and O–H groups in total. The van der Waals surface area contributed by atoms with Crippen molar-refractivity contribution in [2.24, 2.45) is 5.73 Å². The first-order valence-electron chi connectivity index (χ1n) is 11.9. The van der Waals surface area contributed by atoms with Gasteiger partial charge >= 0.3 is 5.97 Å². The van der Waals surface area contributed by atoms with Gasteiger partial charge in [-0.15, -0.1) is 11.8 Å². The summed E-state index contributed by atoms with van der Waals surface area (Å²) in [6.45, 7) is 4.42. The SMILES string of the molecule is CCCCCCCCCCCC(=O)C1SC(CCCCCCC)=CC1(N)C(=O)O. The summed E-state index contributed by atoms with van der Waals surface area (Å²) in [5.74, 6) is -1.09. The molecule has 1 aliphatic rings. The molecule has 0 radical (unpaired) electrons. The van der Waals surface area contributed by atoms with E-state index >= 15 is 0 Å². The number of carboxylic acids is 1. The highest BCUT2D eigenvalue weighted by Gasteiger charge is 2.49. The lowest BCUT2D eigenvalue weighted by atomic mass is 9.90. The number of ketones is 1. The highest BCUT2D eigenvalue weighted by atomic mass is 32.2. The Bertz CT molecular complexity index is 520. The van der Waals surface area contributed by atoms with Crippen LogP contribution in [0.3, 0.4) is 0 Å². The molecule has 0 aromatic carbocycles. The summed E-state index contributed by atoms with van der Waals surface area (Å²) in [5.41, 5.74) is 4.64. The standard InChI is InChI=1S/C24H43NO3S/c1-3-5-7-9-10-11-12-14-16-18-21(26)22-24(25,23(27)28)19-20(29-22)17-15-13-8-6-4-2/h19,22H,3-18,25H2,1-2H3,(H,27,28). The molecule has 5 heteroatoms. The van der Waals surface area contributed by atoms with Crippen molar-refractivity contribution in [2.45, 2.75) is 127 Å². The van der Waals surface area contributed by atoms with E-state index in [2.05, 4.69) is 13.8 Å². The zero-order chi connectivity index (χ0) is 21.5. The van der Waals surface area contributed by atoms with Crippen LogP contribution in [-0.4, -0.2) is 27.6 Å². The van der Waals surface area contributed by atoms with E-state index in [1.165, 1.54) is 69.5 Å². The summed E-state index contributed by atoms with van der Waals surface area (Å²) in [5, 5.41) is 8.98. The first kappa shape index (κ1) is 26.2. The number of hydrogen-bond donors (Lipinski definition) is 2. The summed E-state index contributed by atoms with van der Waals surface area (Å²) >= 11 is 1.40. The van der Waals surface area contributed by atoms with Crippen molar-refractivity contribution in [1.82, 2.24) is 0 Å². The van der Waals surface area contributed by atoms with Gasteiger partial charge in [-0.3, -0.25) is 4.79 Å². The van der Waals surface area contributed by atoms with Crippen molar-refractivity contribution in [1.29, 1.82) is 0 Å². The monoisotopic (exact) mass is 425 g/mol. The number of hydrogen-bond acceptors (Lipinski definition) is 4. The molecule has 0 saturated heterocycles. The Labute approximate surface area is 182 Å². The number of carbonyl (C=O) groups is 2. The first-order chi connectivity index (χ1) is 14.0. The number of Topliss-reactive ketones (excluding diaryl/α,β-unsaturated/α-hetero) is 1. The molecule has 0 aromatic heterocycles. The molecule has 2 unspecified atom stereocenters. The third kappa shape index (κ3) is 9.69. The number of carboxylic acid groups (broad SMARTS) is 1. The molecule has 4 nitrogen and oxygen atoms in total. The molecule has 1 rings (SSSR count). The van der Waals surface area contributed by atoms with E-state index in [1.807, 2.05) is 0 Å². The van der Waals surface area contributed by atoms with E-state index in [0.717, 1.165) is 43.4 Å². The van der Waals surface area contributed by atoms with Crippen LogP contribution in [0.2, 0.25) is 0 Å². The van der Waals surface area contributed by atoms with Gasteiger partial charge in [0.1, 0.15) is 11.0 Å². The van der Waals surface area contributed by atoms with Crippen LogP contribution in [0.4, 0.5) is 0 Å². The smallest absolute Gasteiger partial charge is 0.329 e. The number of allylic oxidation sites excluding steroid dienone is 1. The Morgan fingerprint density at radius 1 is 0.897 bits per heavy atom. The third-order valence-corrected chi connectivity index (χ3v) is 7.33. The van der Waals surface area contributed by atoms with Crippen LogP contribution >= 0.6 is 11.8 Å². The van der Waals surface area contributed by atoms with E-state index in [-0.39, 0.29) is 5.78 Å². The van der Waals surface area contributed by atoms with Crippen molar-refractivity contribution in [3.63, 3.8) is 0 Å². The fourth-order valence-corrected chi connectivity index (χ4v) is 5.35. The number of rotatable bonds is 18. The van der Waals surface area contributed by atoms with Gasteiger partial charge in [-0.1, -0.05) is 90.9 Å². The van der Waals surface area contributed by atoms with E-state index < -0.39 is 16.8 Å². The normalized spacial score (nSPS) is 21.3. The van der Waals surface area contributed by atoms with Crippen LogP contribution in [0.1, 0.15) is 117 Å². The van der Waals surface area contributed by atoms with Gasteiger partial charge in [0.15, 0.2) is 5.54 Å².